The minimum atomic E-state index is -0.641. The predicted molar refractivity (Wildman–Crippen MR) is 76.1 cm³/mol. The zero-order chi connectivity index (χ0) is 14.0. The monoisotopic (exact) mass is 261 g/mol. The van der Waals surface area contributed by atoms with E-state index in [0.29, 0.717) is 6.04 Å². The number of aryl methyl sites for hydroxylation is 2. The third kappa shape index (κ3) is 3.35. The van der Waals surface area contributed by atoms with Gasteiger partial charge in [-0.2, -0.15) is 0 Å². The average molecular weight is 261 g/mol. The molecule has 0 spiro atoms. The maximum absolute atomic E-state index is 11.0. The largest absolute Gasteiger partial charge is 0.481 e. The molecule has 0 amide bonds. The summed E-state index contributed by atoms with van der Waals surface area (Å²) in [4.78, 5) is 13.4. The van der Waals surface area contributed by atoms with Crippen LogP contribution in [0, 0.1) is 19.8 Å². The van der Waals surface area contributed by atoms with Crippen LogP contribution in [0.4, 0.5) is 0 Å². The highest BCUT2D eigenvalue weighted by atomic mass is 16.4. The van der Waals surface area contributed by atoms with Gasteiger partial charge in [0.1, 0.15) is 0 Å². The topological polar surface area (TPSA) is 40.5 Å². The molecule has 1 aromatic rings. The number of hydrogen-bond acceptors (Lipinski definition) is 2. The number of carbonyl (C=O) groups is 1. The molecule has 0 radical (unpaired) electrons. The number of hydrogen-bond donors (Lipinski definition) is 1. The van der Waals surface area contributed by atoms with Gasteiger partial charge in [0.15, 0.2) is 0 Å². The van der Waals surface area contributed by atoms with E-state index >= 15 is 0 Å². The Morgan fingerprint density at radius 3 is 2.74 bits per heavy atom. The van der Waals surface area contributed by atoms with Gasteiger partial charge in [0.05, 0.1) is 5.92 Å². The van der Waals surface area contributed by atoms with E-state index in [2.05, 4.69) is 43.9 Å². The van der Waals surface area contributed by atoms with Crippen LogP contribution in [0.5, 0.6) is 0 Å². The Kier molecular flexibility index (Phi) is 4.25. The number of benzene rings is 1. The van der Waals surface area contributed by atoms with Crippen molar-refractivity contribution in [1.82, 2.24) is 4.90 Å². The number of piperidine rings is 1. The average Bonchev–Trinajstić information content (AvgIpc) is 2.34. The van der Waals surface area contributed by atoms with Crippen molar-refractivity contribution >= 4 is 5.97 Å². The lowest BCUT2D eigenvalue weighted by Crippen LogP contribution is -2.42. The van der Waals surface area contributed by atoms with Crippen molar-refractivity contribution in [2.45, 2.75) is 46.2 Å². The SMILES string of the molecule is Cc1ccc(CN2CCC(C(=O)O)CC2C)c(C)c1. The fourth-order valence-corrected chi connectivity index (χ4v) is 2.92. The summed E-state index contributed by atoms with van der Waals surface area (Å²) in [7, 11) is 0. The molecule has 1 aliphatic rings. The highest BCUT2D eigenvalue weighted by molar-refractivity contribution is 5.70. The molecular weight excluding hydrogens is 238 g/mol. The number of likely N-dealkylation sites (tertiary alicyclic amines) is 1. The molecule has 1 aliphatic heterocycles. The highest BCUT2D eigenvalue weighted by Crippen LogP contribution is 2.25. The van der Waals surface area contributed by atoms with Crippen LogP contribution >= 0.6 is 0 Å². The van der Waals surface area contributed by atoms with Crippen molar-refractivity contribution in [2.24, 2.45) is 5.92 Å². The van der Waals surface area contributed by atoms with E-state index in [1.54, 1.807) is 0 Å². The Labute approximate surface area is 115 Å². The predicted octanol–water partition coefficient (Wildman–Crippen LogP) is 2.99. The zero-order valence-electron chi connectivity index (χ0n) is 12.0. The van der Waals surface area contributed by atoms with E-state index in [4.69, 9.17) is 5.11 Å². The number of nitrogens with zero attached hydrogens (tertiary/aromatic N) is 1. The quantitative estimate of drug-likeness (QED) is 0.909. The van der Waals surface area contributed by atoms with Crippen molar-refractivity contribution < 1.29 is 9.90 Å². The van der Waals surface area contributed by atoms with Gasteiger partial charge in [0.25, 0.3) is 0 Å². The van der Waals surface area contributed by atoms with Crippen LogP contribution < -0.4 is 0 Å². The summed E-state index contributed by atoms with van der Waals surface area (Å²) < 4.78 is 0. The summed E-state index contributed by atoms with van der Waals surface area (Å²) in [6.07, 6.45) is 1.53. The number of rotatable bonds is 3. The first-order valence-corrected chi connectivity index (χ1v) is 7.00. The van der Waals surface area contributed by atoms with E-state index in [0.717, 1.165) is 25.9 Å². The molecule has 1 saturated heterocycles. The second kappa shape index (κ2) is 5.74. The van der Waals surface area contributed by atoms with Crippen LogP contribution in [0.2, 0.25) is 0 Å². The molecule has 1 aromatic carbocycles. The van der Waals surface area contributed by atoms with Crippen LogP contribution in [-0.4, -0.2) is 28.6 Å². The van der Waals surface area contributed by atoms with Gasteiger partial charge in [-0.3, -0.25) is 9.69 Å². The molecule has 0 saturated carbocycles. The van der Waals surface area contributed by atoms with Crippen molar-refractivity contribution in [3.8, 4) is 0 Å². The van der Waals surface area contributed by atoms with E-state index in [-0.39, 0.29) is 5.92 Å². The van der Waals surface area contributed by atoms with Crippen molar-refractivity contribution in [3.63, 3.8) is 0 Å². The van der Waals surface area contributed by atoms with Gasteiger partial charge < -0.3 is 5.11 Å². The highest BCUT2D eigenvalue weighted by Gasteiger charge is 2.29. The summed E-state index contributed by atoms with van der Waals surface area (Å²) in [6.45, 7) is 8.21. The van der Waals surface area contributed by atoms with Crippen LogP contribution in [0.25, 0.3) is 0 Å². The van der Waals surface area contributed by atoms with Gasteiger partial charge >= 0.3 is 5.97 Å². The number of carboxylic acids is 1. The Morgan fingerprint density at radius 2 is 2.16 bits per heavy atom. The Balaban J connectivity index is 2.02. The molecule has 1 N–H and O–H groups in total. The zero-order valence-corrected chi connectivity index (χ0v) is 12.0. The minimum absolute atomic E-state index is 0.162. The molecule has 2 atom stereocenters. The fraction of sp³-hybridized carbons (Fsp3) is 0.562. The van der Waals surface area contributed by atoms with Gasteiger partial charge in [-0.1, -0.05) is 23.8 Å². The van der Waals surface area contributed by atoms with Crippen LogP contribution in [0.3, 0.4) is 0 Å². The standard InChI is InChI=1S/C16H23NO2/c1-11-4-5-15(12(2)8-11)10-17-7-6-14(16(18)19)9-13(17)3/h4-5,8,13-14H,6-7,9-10H2,1-3H3,(H,18,19). The Bertz CT molecular complexity index is 470. The van der Waals surface area contributed by atoms with Gasteiger partial charge in [-0.05, 0) is 51.3 Å². The van der Waals surface area contributed by atoms with E-state index in [9.17, 15) is 4.79 Å². The third-order valence-corrected chi connectivity index (χ3v) is 4.23. The number of carboxylic acid groups (broad SMARTS) is 1. The van der Waals surface area contributed by atoms with Gasteiger partial charge in [0.2, 0.25) is 0 Å². The first kappa shape index (κ1) is 14.1. The summed E-state index contributed by atoms with van der Waals surface area (Å²) in [5.74, 6) is -0.802. The second-order valence-electron chi connectivity index (χ2n) is 5.81. The second-order valence-corrected chi connectivity index (χ2v) is 5.81. The molecule has 2 unspecified atom stereocenters. The first-order chi connectivity index (χ1) is 8.97. The molecule has 1 heterocycles. The third-order valence-electron chi connectivity index (χ3n) is 4.23. The molecule has 104 valence electrons. The summed E-state index contributed by atoms with van der Waals surface area (Å²) in [6, 6.07) is 6.90. The number of aliphatic carboxylic acids is 1. The van der Waals surface area contributed by atoms with Crippen molar-refractivity contribution in [1.29, 1.82) is 0 Å². The fourth-order valence-electron chi connectivity index (χ4n) is 2.92. The molecule has 3 heteroatoms. The maximum atomic E-state index is 11.0. The minimum Gasteiger partial charge on any atom is -0.481 e. The van der Waals surface area contributed by atoms with Crippen LogP contribution in [0.1, 0.15) is 36.5 Å². The lowest BCUT2D eigenvalue weighted by Gasteiger charge is -2.36. The van der Waals surface area contributed by atoms with E-state index < -0.39 is 5.97 Å². The normalized spacial score (nSPS) is 24.4. The van der Waals surface area contributed by atoms with E-state index in [1.165, 1.54) is 16.7 Å². The Morgan fingerprint density at radius 1 is 1.42 bits per heavy atom. The van der Waals surface area contributed by atoms with E-state index in [1.807, 2.05) is 0 Å². The molecule has 1 fully saturated rings. The Hall–Kier alpha value is -1.35. The molecule has 19 heavy (non-hydrogen) atoms. The van der Waals surface area contributed by atoms with Crippen molar-refractivity contribution in [3.05, 3.63) is 34.9 Å². The molecular formula is C16H23NO2. The van der Waals surface area contributed by atoms with Crippen LogP contribution in [-0.2, 0) is 11.3 Å². The summed E-state index contributed by atoms with van der Waals surface area (Å²) in [5, 5.41) is 9.09. The maximum Gasteiger partial charge on any atom is 0.306 e. The summed E-state index contributed by atoms with van der Waals surface area (Å²) >= 11 is 0. The first-order valence-electron chi connectivity index (χ1n) is 7.00. The van der Waals surface area contributed by atoms with Crippen LogP contribution in [0.15, 0.2) is 18.2 Å². The molecule has 0 aromatic heterocycles. The van der Waals surface area contributed by atoms with Crippen molar-refractivity contribution in [2.75, 3.05) is 6.54 Å². The lowest BCUT2D eigenvalue weighted by atomic mass is 9.91. The molecule has 2 rings (SSSR count). The molecule has 0 aliphatic carbocycles. The smallest absolute Gasteiger partial charge is 0.306 e. The summed E-state index contributed by atoms with van der Waals surface area (Å²) in [5.41, 5.74) is 3.97. The van der Waals surface area contributed by atoms with Gasteiger partial charge in [0, 0.05) is 12.6 Å². The van der Waals surface area contributed by atoms with Gasteiger partial charge in [-0.25, -0.2) is 0 Å². The molecule has 0 bridgehead atoms. The lowest BCUT2D eigenvalue weighted by molar-refractivity contribution is -0.144. The molecule has 3 nitrogen and oxygen atoms in total. The van der Waals surface area contributed by atoms with Gasteiger partial charge in [-0.15, -0.1) is 0 Å².